The first-order valence-electron chi connectivity index (χ1n) is 10.5. The number of nitrogens with two attached hydrogens (primary N) is 1. The fraction of sp³-hybridized carbons (Fsp3) is 0.455. The van der Waals surface area contributed by atoms with Crippen LogP contribution in [0.1, 0.15) is 34.1 Å². The molecule has 0 radical (unpaired) electrons. The lowest BCUT2D eigenvalue weighted by molar-refractivity contribution is 0.0319. The molecule has 0 aromatic carbocycles. The topological polar surface area (TPSA) is 93.7 Å². The normalized spacial score (nSPS) is 17.9. The van der Waals surface area contributed by atoms with Crippen LogP contribution in [0.4, 0.5) is 5.69 Å². The number of pyridine rings is 2. The summed E-state index contributed by atoms with van der Waals surface area (Å²) in [5, 5.41) is 11.9. The van der Waals surface area contributed by atoms with Gasteiger partial charge in [-0.3, -0.25) is 9.88 Å². The van der Waals surface area contributed by atoms with Gasteiger partial charge in [-0.15, -0.1) is 11.3 Å². The Labute approximate surface area is 179 Å². The molecule has 30 heavy (non-hydrogen) atoms. The molecule has 7 nitrogen and oxygen atoms in total. The Morgan fingerprint density at radius 3 is 2.77 bits per heavy atom. The van der Waals surface area contributed by atoms with Gasteiger partial charge in [-0.25, -0.2) is 4.98 Å². The molecule has 3 aromatic heterocycles. The van der Waals surface area contributed by atoms with Gasteiger partial charge in [0.15, 0.2) is 0 Å². The van der Waals surface area contributed by atoms with Gasteiger partial charge in [0, 0.05) is 43.0 Å². The summed E-state index contributed by atoms with van der Waals surface area (Å²) in [6.07, 6.45) is 5.59. The second-order valence-electron chi connectivity index (χ2n) is 7.77. The quantitative estimate of drug-likeness (QED) is 0.626. The second kappa shape index (κ2) is 8.47. The number of aliphatic hydroxyl groups excluding tert-OH is 1. The minimum absolute atomic E-state index is 0.609. The van der Waals surface area contributed by atoms with E-state index in [1.54, 1.807) is 12.4 Å². The zero-order valence-electron chi connectivity index (χ0n) is 16.8. The Hall–Kier alpha value is -2.26. The van der Waals surface area contributed by atoms with Crippen LogP contribution in [-0.2, 0) is 17.6 Å². The minimum Gasteiger partial charge on any atom is -0.476 e. The molecule has 1 unspecified atom stereocenters. The van der Waals surface area contributed by atoms with E-state index >= 15 is 0 Å². The number of nitrogen functional groups attached to an aromatic ring is 1. The molecular weight excluding hydrogens is 400 g/mol. The number of anilines is 1. The molecule has 1 saturated heterocycles. The lowest BCUT2D eigenvalue weighted by Crippen LogP contribution is -2.38. The summed E-state index contributed by atoms with van der Waals surface area (Å²) in [6, 6.07) is 3.62. The molecule has 4 heterocycles. The van der Waals surface area contributed by atoms with Crippen molar-refractivity contribution in [3.8, 4) is 5.88 Å². The van der Waals surface area contributed by atoms with Gasteiger partial charge in [0.25, 0.3) is 0 Å². The maximum absolute atomic E-state index is 10.9. The van der Waals surface area contributed by atoms with E-state index in [4.69, 9.17) is 20.2 Å². The van der Waals surface area contributed by atoms with Crippen LogP contribution in [-0.4, -0.2) is 59.4 Å². The molecule has 0 saturated carbocycles. The number of thiophene rings is 1. The Bertz CT molecular complexity index is 1030. The zero-order chi connectivity index (χ0) is 20.5. The number of hydrogen-bond donors (Lipinski definition) is 2. The number of nitrogens with zero attached hydrogens (tertiary/aromatic N) is 3. The van der Waals surface area contributed by atoms with Crippen LogP contribution < -0.4 is 10.5 Å². The van der Waals surface area contributed by atoms with Crippen LogP contribution >= 0.6 is 11.3 Å². The maximum Gasteiger partial charge on any atom is 0.218 e. The minimum atomic E-state index is -0.782. The van der Waals surface area contributed by atoms with Gasteiger partial charge in [0.2, 0.25) is 5.88 Å². The molecule has 1 atom stereocenters. The lowest BCUT2D eigenvalue weighted by Gasteiger charge is -2.26. The molecule has 1 fully saturated rings. The van der Waals surface area contributed by atoms with E-state index in [1.165, 1.54) is 22.5 Å². The smallest absolute Gasteiger partial charge is 0.218 e. The Morgan fingerprint density at radius 1 is 1.20 bits per heavy atom. The van der Waals surface area contributed by atoms with Crippen molar-refractivity contribution in [2.45, 2.75) is 25.4 Å². The highest BCUT2D eigenvalue weighted by Gasteiger charge is 2.27. The number of aliphatic hydroxyl groups is 1. The summed E-state index contributed by atoms with van der Waals surface area (Å²) in [5.74, 6) is 0.731. The van der Waals surface area contributed by atoms with Crippen molar-refractivity contribution in [2.75, 3.05) is 45.2 Å². The van der Waals surface area contributed by atoms with Gasteiger partial charge >= 0.3 is 0 Å². The molecule has 1 aliphatic heterocycles. The number of fused-ring (bicyclic) bond motifs is 3. The van der Waals surface area contributed by atoms with E-state index in [-0.39, 0.29) is 0 Å². The fourth-order valence-corrected chi connectivity index (χ4v) is 5.48. The van der Waals surface area contributed by atoms with Crippen molar-refractivity contribution >= 4 is 27.2 Å². The van der Waals surface area contributed by atoms with E-state index in [9.17, 15) is 5.11 Å². The molecule has 158 valence electrons. The van der Waals surface area contributed by atoms with Gasteiger partial charge in [-0.1, -0.05) is 0 Å². The third-order valence-electron chi connectivity index (χ3n) is 5.96. The van der Waals surface area contributed by atoms with E-state index in [2.05, 4.69) is 9.88 Å². The average molecular weight is 427 g/mol. The van der Waals surface area contributed by atoms with E-state index in [0.29, 0.717) is 12.3 Å². The average Bonchev–Trinajstić information content (AvgIpc) is 3.39. The summed E-state index contributed by atoms with van der Waals surface area (Å²) in [5.41, 5.74) is 10.4. The van der Waals surface area contributed by atoms with E-state index in [0.717, 1.165) is 78.6 Å². The molecule has 5 rings (SSSR count). The van der Waals surface area contributed by atoms with Crippen molar-refractivity contribution in [1.29, 1.82) is 0 Å². The van der Waals surface area contributed by atoms with Crippen molar-refractivity contribution in [1.82, 2.24) is 14.9 Å². The summed E-state index contributed by atoms with van der Waals surface area (Å²) in [7, 11) is 0. The van der Waals surface area contributed by atoms with Crippen molar-refractivity contribution in [3.05, 3.63) is 46.1 Å². The highest BCUT2D eigenvalue weighted by molar-refractivity contribution is 7.19. The third kappa shape index (κ3) is 3.65. The molecule has 1 aliphatic carbocycles. The number of morpholine rings is 1. The predicted molar refractivity (Wildman–Crippen MR) is 117 cm³/mol. The van der Waals surface area contributed by atoms with Crippen LogP contribution in [0, 0.1) is 0 Å². The van der Waals surface area contributed by atoms with Gasteiger partial charge in [0.05, 0.1) is 23.8 Å². The number of ether oxygens (including phenoxy) is 2. The molecule has 0 spiro atoms. The van der Waals surface area contributed by atoms with E-state index < -0.39 is 6.10 Å². The van der Waals surface area contributed by atoms with Crippen LogP contribution in [0.15, 0.2) is 24.5 Å². The summed E-state index contributed by atoms with van der Waals surface area (Å²) < 4.78 is 11.6. The van der Waals surface area contributed by atoms with Crippen LogP contribution in [0.5, 0.6) is 5.88 Å². The second-order valence-corrected chi connectivity index (χ2v) is 8.80. The highest BCUT2D eigenvalue weighted by atomic mass is 32.1. The summed E-state index contributed by atoms with van der Waals surface area (Å²) in [4.78, 5) is 12.8. The first-order chi connectivity index (χ1) is 14.7. The molecule has 0 amide bonds. The summed E-state index contributed by atoms with van der Waals surface area (Å²) in [6.45, 7) is 4.96. The molecule has 0 bridgehead atoms. The Kier molecular flexibility index (Phi) is 5.56. The number of rotatable bonds is 6. The molecular formula is C22H26N4O3S. The van der Waals surface area contributed by atoms with Gasteiger partial charge < -0.3 is 20.3 Å². The first kappa shape index (κ1) is 19.7. The third-order valence-corrected chi connectivity index (χ3v) is 7.11. The highest BCUT2D eigenvalue weighted by Crippen LogP contribution is 2.45. The van der Waals surface area contributed by atoms with Crippen LogP contribution in [0.2, 0.25) is 0 Å². The molecule has 2 aliphatic rings. The fourth-order valence-electron chi connectivity index (χ4n) is 4.35. The predicted octanol–water partition coefficient (Wildman–Crippen LogP) is 2.55. The SMILES string of the molecule is Nc1c(C(O)c2ccncc2)sc2nc(OCCN3CCOCC3)c3c(c12)CCC3. The number of aromatic nitrogens is 2. The number of aryl methyl sites for hydroxylation is 1. The Balaban J connectivity index is 1.44. The summed E-state index contributed by atoms with van der Waals surface area (Å²) >= 11 is 1.46. The maximum atomic E-state index is 10.9. The standard InChI is InChI=1S/C22H26N4O3S/c23-18-17-15-2-1-3-16(15)21(29-13-10-26-8-11-28-12-9-26)25-22(17)30-20(18)19(27)14-4-6-24-7-5-14/h4-7,19,27H,1-3,8-13,23H2. The van der Waals surface area contributed by atoms with Crippen LogP contribution in [0.3, 0.4) is 0 Å². The zero-order valence-corrected chi connectivity index (χ0v) is 17.7. The van der Waals surface area contributed by atoms with Gasteiger partial charge in [0.1, 0.15) is 17.5 Å². The Morgan fingerprint density at radius 2 is 1.97 bits per heavy atom. The van der Waals surface area contributed by atoms with Crippen molar-refractivity contribution in [3.63, 3.8) is 0 Å². The van der Waals surface area contributed by atoms with E-state index in [1.807, 2.05) is 12.1 Å². The van der Waals surface area contributed by atoms with Gasteiger partial charge in [-0.05, 0) is 42.5 Å². The molecule has 3 N–H and O–H groups in total. The van der Waals surface area contributed by atoms with Crippen LogP contribution in [0.25, 0.3) is 10.2 Å². The molecule has 3 aromatic rings. The first-order valence-corrected chi connectivity index (χ1v) is 11.3. The monoisotopic (exact) mass is 426 g/mol. The number of hydrogen-bond acceptors (Lipinski definition) is 8. The van der Waals surface area contributed by atoms with Gasteiger partial charge in [-0.2, -0.15) is 0 Å². The lowest BCUT2D eigenvalue weighted by atomic mass is 10.0. The largest absolute Gasteiger partial charge is 0.476 e. The van der Waals surface area contributed by atoms with Crippen molar-refractivity contribution in [2.24, 2.45) is 0 Å². The van der Waals surface area contributed by atoms with Crippen molar-refractivity contribution < 1.29 is 14.6 Å². The molecule has 8 heteroatoms.